The minimum absolute atomic E-state index is 0.0202. The molecule has 1 aliphatic heterocycles. The van der Waals surface area contributed by atoms with Gasteiger partial charge in [0.25, 0.3) is 0 Å². The standard InChI is InChI=1S/C41H67N7O8/c1-14-26(6)34-41(55)47(12)29(9)39(53)48(13)33(21-25(4)5)37(51)42-31(20-24(2)3)40(54)46(11)28(8)38(52)45(10)27(7)35(49)43-32(36(50)44-34)23-56-22-30-18-16-15-17-19-30/h15-19,24-29,31-34H,14,20-23H2,1-13H3,(H,42,51)(H,43,49)(H,44,50)/t26-,27+,28-,29-,31-,32+,33-,34+/m0/s1. The Hall–Kier alpha value is -4.53. The molecule has 3 N–H and O–H groups in total. The lowest BCUT2D eigenvalue weighted by Gasteiger charge is -2.36. The second-order valence-electron chi connectivity index (χ2n) is 16.1. The van der Waals surface area contributed by atoms with Crippen molar-refractivity contribution in [2.45, 2.75) is 130 Å². The van der Waals surface area contributed by atoms with E-state index in [2.05, 4.69) is 16.0 Å². The summed E-state index contributed by atoms with van der Waals surface area (Å²) in [6.45, 7) is 15.8. The molecule has 15 nitrogen and oxygen atoms in total. The number of likely N-dealkylation sites (N-methyl/N-ethyl adjacent to an activating group) is 4. The molecule has 1 saturated heterocycles. The zero-order chi connectivity index (χ0) is 42.6. The van der Waals surface area contributed by atoms with Crippen molar-refractivity contribution in [2.24, 2.45) is 17.8 Å². The van der Waals surface area contributed by atoms with Gasteiger partial charge in [-0.25, -0.2) is 0 Å². The maximum Gasteiger partial charge on any atom is 0.245 e. The van der Waals surface area contributed by atoms with Gasteiger partial charge in [0.2, 0.25) is 41.4 Å². The highest BCUT2D eigenvalue weighted by Crippen LogP contribution is 2.19. The number of ether oxygens (including phenoxy) is 1. The van der Waals surface area contributed by atoms with Crippen molar-refractivity contribution in [3.05, 3.63) is 35.9 Å². The van der Waals surface area contributed by atoms with Crippen LogP contribution in [0, 0.1) is 17.8 Å². The largest absolute Gasteiger partial charge is 0.374 e. The van der Waals surface area contributed by atoms with Gasteiger partial charge in [0.1, 0.15) is 42.3 Å². The number of hydrogen-bond donors (Lipinski definition) is 3. The SMILES string of the molecule is CC[C@H](C)[C@H]1NC(=O)[C@@H](COCc2ccccc2)NC(=O)[C@@H](C)N(C)C(=O)[C@H](C)N(C)C(=O)[C@H](CC(C)C)NC(=O)[C@H](CC(C)C)N(C)C(=O)[C@H](C)N(C)C1=O. The first-order valence-corrected chi connectivity index (χ1v) is 19.7. The van der Waals surface area contributed by atoms with E-state index in [-0.39, 0.29) is 43.8 Å². The van der Waals surface area contributed by atoms with Gasteiger partial charge in [-0.3, -0.25) is 33.6 Å². The molecule has 56 heavy (non-hydrogen) atoms. The summed E-state index contributed by atoms with van der Waals surface area (Å²) in [4.78, 5) is 103. The van der Waals surface area contributed by atoms with E-state index in [1.54, 1.807) is 13.8 Å². The van der Waals surface area contributed by atoms with Gasteiger partial charge >= 0.3 is 0 Å². The number of benzene rings is 1. The number of carbonyl (C=O) groups excluding carboxylic acids is 7. The molecule has 8 atom stereocenters. The Morgan fingerprint density at radius 1 is 0.589 bits per heavy atom. The van der Waals surface area contributed by atoms with Crippen molar-refractivity contribution >= 4 is 41.4 Å². The normalized spacial score (nSPS) is 26.6. The third-order valence-electron chi connectivity index (χ3n) is 10.8. The van der Waals surface area contributed by atoms with E-state index in [4.69, 9.17) is 4.74 Å². The molecule has 0 aliphatic carbocycles. The summed E-state index contributed by atoms with van der Waals surface area (Å²) in [5.41, 5.74) is 0.842. The zero-order valence-electron chi connectivity index (χ0n) is 35.8. The average molecular weight is 786 g/mol. The van der Waals surface area contributed by atoms with Crippen molar-refractivity contribution in [1.29, 1.82) is 0 Å². The fourth-order valence-corrected chi connectivity index (χ4v) is 6.42. The fraction of sp³-hybridized carbons (Fsp3) is 0.683. The second-order valence-corrected chi connectivity index (χ2v) is 16.1. The van der Waals surface area contributed by atoms with Gasteiger partial charge in [0.15, 0.2) is 0 Å². The molecule has 0 bridgehead atoms. The van der Waals surface area contributed by atoms with Gasteiger partial charge in [0, 0.05) is 28.2 Å². The van der Waals surface area contributed by atoms with E-state index in [1.165, 1.54) is 61.6 Å². The van der Waals surface area contributed by atoms with Crippen LogP contribution in [0.15, 0.2) is 30.3 Å². The lowest BCUT2D eigenvalue weighted by molar-refractivity contribution is -0.150. The van der Waals surface area contributed by atoms with Crippen LogP contribution in [0.3, 0.4) is 0 Å². The quantitative estimate of drug-likeness (QED) is 0.323. The molecule has 1 aromatic rings. The van der Waals surface area contributed by atoms with E-state index in [9.17, 15) is 33.6 Å². The molecule has 0 saturated carbocycles. The number of amides is 7. The van der Waals surface area contributed by atoms with Gasteiger partial charge in [-0.05, 0) is 56.9 Å². The summed E-state index contributed by atoms with van der Waals surface area (Å²) >= 11 is 0. The summed E-state index contributed by atoms with van der Waals surface area (Å²) in [5.74, 6) is -4.42. The first kappa shape index (κ1) is 47.6. The Bertz CT molecular complexity index is 1520. The molecule has 15 heteroatoms. The highest BCUT2D eigenvalue weighted by Gasteiger charge is 2.40. The van der Waals surface area contributed by atoms with Crippen LogP contribution in [-0.2, 0) is 44.9 Å². The van der Waals surface area contributed by atoms with Gasteiger partial charge in [-0.1, -0.05) is 78.3 Å². The van der Waals surface area contributed by atoms with E-state index in [0.29, 0.717) is 6.42 Å². The molecule has 0 unspecified atom stereocenters. The zero-order valence-corrected chi connectivity index (χ0v) is 35.8. The Morgan fingerprint density at radius 2 is 1.09 bits per heavy atom. The molecule has 0 aromatic heterocycles. The molecule has 1 aromatic carbocycles. The number of rotatable bonds is 10. The predicted molar refractivity (Wildman–Crippen MR) is 214 cm³/mol. The molecular weight excluding hydrogens is 718 g/mol. The highest BCUT2D eigenvalue weighted by atomic mass is 16.5. The first-order chi connectivity index (χ1) is 26.1. The Morgan fingerprint density at radius 3 is 1.62 bits per heavy atom. The number of nitrogens with one attached hydrogen (secondary N) is 3. The number of hydrogen-bond acceptors (Lipinski definition) is 8. The topological polar surface area (TPSA) is 178 Å². The van der Waals surface area contributed by atoms with Crippen LogP contribution in [0.4, 0.5) is 0 Å². The first-order valence-electron chi connectivity index (χ1n) is 19.7. The molecule has 2 rings (SSSR count). The van der Waals surface area contributed by atoms with E-state index in [0.717, 1.165) is 5.56 Å². The average Bonchev–Trinajstić information content (AvgIpc) is 3.17. The van der Waals surface area contributed by atoms with Gasteiger partial charge in [-0.2, -0.15) is 0 Å². The van der Waals surface area contributed by atoms with Gasteiger partial charge in [0.05, 0.1) is 13.2 Å². The lowest BCUT2D eigenvalue weighted by Crippen LogP contribution is -2.61. The molecule has 7 amide bonds. The lowest BCUT2D eigenvalue weighted by atomic mass is 9.96. The molecule has 1 aliphatic rings. The second kappa shape index (κ2) is 21.7. The van der Waals surface area contributed by atoms with Crippen molar-refractivity contribution in [3.63, 3.8) is 0 Å². The van der Waals surface area contributed by atoms with Crippen LogP contribution in [-0.4, -0.2) is 138 Å². The highest BCUT2D eigenvalue weighted by molar-refractivity contribution is 5.98. The summed E-state index contributed by atoms with van der Waals surface area (Å²) < 4.78 is 5.89. The smallest absolute Gasteiger partial charge is 0.245 e. The molecule has 314 valence electrons. The number of nitrogens with zero attached hydrogens (tertiary/aromatic N) is 4. The van der Waals surface area contributed by atoms with Crippen LogP contribution in [0.2, 0.25) is 0 Å². The van der Waals surface area contributed by atoms with Gasteiger partial charge < -0.3 is 40.3 Å². The third kappa shape index (κ3) is 12.8. The number of carbonyl (C=O) groups is 7. The maximum absolute atomic E-state index is 14.2. The van der Waals surface area contributed by atoms with Crippen LogP contribution >= 0.6 is 0 Å². The monoisotopic (exact) mass is 786 g/mol. The Labute approximate surface area is 333 Å². The van der Waals surface area contributed by atoms with Gasteiger partial charge in [-0.15, -0.1) is 0 Å². The van der Waals surface area contributed by atoms with Crippen molar-refractivity contribution in [1.82, 2.24) is 35.6 Å². The Balaban J connectivity index is 2.68. The molecule has 0 spiro atoms. The maximum atomic E-state index is 14.2. The van der Waals surface area contributed by atoms with Crippen LogP contribution in [0.1, 0.15) is 87.1 Å². The molecule has 1 heterocycles. The summed E-state index contributed by atoms with van der Waals surface area (Å²) in [7, 11) is 5.87. The van der Waals surface area contributed by atoms with E-state index >= 15 is 0 Å². The fourth-order valence-electron chi connectivity index (χ4n) is 6.42. The molecule has 1 fully saturated rings. The minimum atomic E-state index is -1.27. The summed E-state index contributed by atoms with van der Waals surface area (Å²) in [6.07, 6.45) is 1.03. The van der Waals surface area contributed by atoms with Crippen molar-refractivity contribution in [2.75, 3.05) is 34.8 Å². The van der Waals surface area contributed by atoms with E-state index < -0.39 is 83.6 Å². The van der Waals surface area contributed by atoms with E-state index in [1.807, 2.05) is 65.0 Å². The summed E-state index contributed by atoms with van der Waals surface area (Å²) in [6, 6.07) is 1.74. The van der Waals surface area contributed by atoms with Crippen molar-refractivity contribution in [3.8, 4) is 0 Å². The minimum Gasteiger partial charge on any atom is -0.374 e. The molecular formula is C41H67N7O8. The third-order valence-corrected chi connectivity index (χ3v) is 10.8. The molecule has 0 radical (unpaired) electrons. The summed E-state index contributed by atoms with van der Waals surface area (Å²) in [5, 5.41) is 8.41. The Kier molecular flexibility index (Phi) is 18.4. The van der Waals surface area contributed by atoms with Crippen LogP contribution in [0.5, 0.6) is 0 Å². The van der Waals surface area contributed by atoms with Crippen LogP contribution in [0.25, 0.3) is 0 Å². The predicted octanol–water partition coefficient (Wildman–Crippen LogP) is 2.18. The van der Waals surface area contributed by atoms with Crippen molar-refractivity contribution < 1.29 is 38.3 Å². The van der Waals surface area contributed by atoms with Crippen LogP contribution < -0.4 is 16.0 Å².